The average Bonchev–Trinajstić information content (AvgIpc) is 2.95. The summed E-state index contributed by atoms with van der Waals surface area (Å²) in [5, 5.41) is 15.2. The predicted molar refractivity (Wildman–Crippen MR) is 81.9 cm³/mol. The molecule has 0 aliphatic heterocycles. The lowest BCUT2D eigenvalue weighted by Gasteiger charge is -2.05. The Balaban J connectivity index is 1.62. The van der Waals surface area contributed by atoms with Gasteiger partial charge in [-0.3, -0.25) is 10.1 Å². The Labute approximate surface area is 121 Å². The van der Waals surface area contributed by atoms with Crippen LogP contribution in [0.3, 0.4) is 0 Å². The standard InChI is InChI=1S/C16H15N3O2/c20-19(21)15-3-1-2-12(9-15)10-17-11-13-4-5-16-14(8-13)6-7-18-16/h1-9,17-18H,10-11H2. The van der Waals surface area contributed by atoms with E-state index in [1.54, 1.807) is 12.1 Å². The van der Waals surface area contributed by atoms with Crippen LogP contribution < -0.4 is 5.32 Å². The van der Waals surface area contributed by atoms with E-state index in [9.17, 15) is 10.1 Å². The zero-order valence-electron chi connectivity index (χ0n) is 11.4. The fourth-order valence-electron chi connectivity index (χ4n) is 2.34. The van der Waals surface area contributed by atoms with Crippen molar-refractivity contribution in [3.8, 4) is 0 Å². The first-order valence-corrected chi connectivity index (χ1v) is 6.72. The van der Waals surface area contributed by atoms with E-state index in [-0.39, 0.29) is 10.6 Å². The summed E-state index contributed by atoms with van der Waals surface area (Å²) >= 11 is 0. The highest BCUT2D eigenvalue weighted by Crippen LogP contribution is 2.15. The SMILES string of the molecule is O=[N+]([O-])c1cccc(CNCc2ccc3[nH]ccc3c2)c1. The van der Waals surface area contributed by atoms with E-state index in [0.717, 1.165) is 17.6 Å². The fraction of sp³-hybridized carbons (Fsp3) is 0.125. The molecule has 21 heavy (non-hydrogen) atoms. The first kappa shape index (κ1) is 13.3. The van der Waals surface area contributed by atoms with Gasteiger partial charge in [-0.2, -0.15) is 0 Å². The molecule has 0 bridgehead atoms. The van der Waals surface area contributed by atoms with Gasteiger partial charge in [0.25, 0.3) is 5.69 Å². The molecule has 0 aliphatic carbocycles. The van der Waals surface area contributed by atoms with E-state index in [1.165, 1.54) is 17.0 Å². The third kappa shape index (κ3) is 3.09. The van der Waals surface area contributed by atoms with E-state index >= 15 is 0 Å². The number of benzene rings is 2. The highest BCUT2D eigenvalue weighted by molar-refractivity contribution is 5.79. The van der Waals surface area contributed by atoms with Crippen molar-refractivity contribution in [2.75, 3.05) is 0 Å². The number of hydrogen-bond acceptors (Lipinski definition) is 3. The molecule has 0 atom stereocenters. The third-order valence-electron chi connectivity index (χ3n) is 3.40. The molecule has 2 N–H and O–H groups in total. The highest BCUT2D eigenvalue weighted by atomic mass is 16.6. The minimum Gasteiger partial charge on any atom is -0.361 e. The normalized spacial score (nSPS) is 10.9. The summed E-state index contributed by atoms with van der Waals surface area (Å²) in [7, 11) is 0. The number of aromatic nitrogens is 1. The van der Waals surface area contributed by atoms with Crippen molar-refractivity contribution in [3.63, 3.8) is 0 Å². The third-order valence-corrected chi connectivity index (χ3v) is 3.40. The Morgan fingerprint density at radius 3 is 2.67 bits per heavy atom. The Hall–Kier alpha value is -2.66. The monoisotopic (exact) mass is 281 g/mol. The second-order valence-electron chi connectivity index (χ2n) is 4.93. The molecule has 0 fully saturated rings. The number of nitrogens with one attached hydrogen (secondary N) is 2. The Kier molecular flexibility index (Phi) is 3.66. The predicted octanol–water partition coefficient (Wildman–Crippen LogP) is 3.37. The molecular formula is C16H15N3O2. The van der Waals surface area contributed by atoms with Gasteiger partial charge in [0.05, 0.1) is 4.92 Å². The molecule has 0 saturated carbocycles. The topological polar surface area (TPSA) is 71.0 Å². The van der Waals surface area contributed by atoms with Crippen LogP contribution in [-0.4, -0.2) is 9.91 Å². The Morgan fingerprint density at radius 1 is 1.05 bits per heavy atom. The summed E-state index contributed by atoms with van der Waals surface area (Å²) in [6.45, 7) is 1.33. The summed E-state index contributed by atoms with van der Waals surface area (Å²) in [5.74, 6) is 0. The summed E-state index contributed by atoms with van der Waals surface area (Å²) < 4.78 is 0. The van der Waals surface area contributed by atoms with Gasteiger partial charge in [-0.05, 0) is 34.7 Å². The molecule has 1 aromatic heterocycles. The number of fused-ring (bicyclic) bond motifs is 1. The maximum absolute atomic E-state index is 10.7. The van der Waals surface area contributed by atoms with Crippen LogP contribution >= 0.6 is 0 Å². The molecule has 3 aromatic rings. The maximum atomic E-state index is 10.7. The first-order chi connectivity index (χ1) is 10.2. The fourth-order valence-corrected chi connectivity index (χ4v) is 2.34. The minimum atomic E-state index is -0.372. The van der Waals surface area contributed by atoms with Crippen molar-refractivity contribution in [3.05, 3.63) is 76.0 Å². The summed E-state index contributed by atoms with van der Waals surface area (Å²) in [4.78, 5) is 13.5. The van der Waals surface area contributed by atoms with E-state index in [4.69, 9.17) is 0 Å². The molecule has 2 aromatic carbocycles. The van der Waals surface area contributed by atoms with Gasteiger partial charge in [-0.25, -0.2) is 0 Å². The molecular weight excluding hydrogens is 266 g/mol. The first-order valence-electron chi connectivity index (χ1n) is 6.72. The molecule has 0 unspecified atom stereocenters. The van der Waals surface area contributed by atoms with Gasteiger partial charge in [0.2, 0.25) is 0 Å². The van der Waals surface area contributed by atoms with Crippen LogP contribution in [0.4, 0.5) is 5.69 Å². The van der Waals surface area contributed by atoms with Crippen molar-refractivity contribution in [2.45, 2.75) is 13.1 Å². The molecule has 0 spiro atoms. The zero-order valence-corrected chi connectivity index (χ0v) is 11.4. The number of nitro benzene ring substituents is 1. The van der Waals surface area contributed by atoms with Gasteiger partial charge in [0.1, 0.15) is 0 Å². The van der Waals surface area contributed by atoms with Crippen LogP contribution in [0, 0.1) is 10.1 Å². The molecule has 0 radical (unpaired) electrons. The number of rotatable bonds is 5. The van der Waals surface area contributed by atoms with Crippen molar-refractivity contribution >= 4 is 16.6 Å². The van der Waals surface area contributed by atoms with Gasteiger partial charge in [0, 0.05) is 36.9 Å². The Bertz CT molecular complexity index is 780. The molecule has 106 valence electrons. The van der Waals surface area contributed by atoms with E-state index in [1.807, 2.05) is 18.3 Å². The quantitative estimate of drug-likeness (QED) is 0.556. The second kappa shape index (κ2) is 5.76. The maximum Gasteiger partial charge on any atom is 0.269 e. The molecule has 3 rings (SSSR count). The zero-order chi connectivity index (χ0) is 14.7. The molecule has 5 nitrogen and oxygen atoms in total. The van der Waals surface area contributed by atoms with Crippen LogP contribution in [0.5, 0.6) is 0 Å². The number of non-ortho nitro benzene ring substituents is 1. The van der Waals surface area contributed by atoms with Crippen molar-refractivity contribution in [2.24, 2.45) is 0 Å². The molecule has 0 amide bonds. The highest BCUT2D eigenvalue weighted by Gasteiger charge is 2.05. The number of nitrogens with zero attached hydrogens (tertiary/aromatic N) is 1. The van der Waals surface area contributed by atoms with Gasteiger partial charge in [0.15, 0.2) is 0 Å². The van der Waals surface area contributed by atoms with Gasteiger partial charge in [-0.15, -0.1) is 0 Å². The number of aromatic amines is 1. The van der Waals surface area contributed by atoms with Crippen LogP contribution in [0.2, 0.25) is 0 Å². The van der Waals surface area contributed by atoms with Crippen LogP contribution in [0.1, 0.15) is 11.1 Å². The lowest BCUT2D eigenvalue weighted by Crippen LogP contribution is -2.12. The summed E-state index contributed by atoms with van der Waals surface area (Å²) in [6, 6.07) is 15.0. The summed E-state index contributed by atoms with van der Waals surface area (Å²) in [5.41, 5.74) is 3.35. The lowest BCUT2D eigenvalue weighted by molar-refractivity contribution is -0.384. The smallest absolute Gasteiger partial charge is 0.269 e. The molecule has 1 heterocycles. The average molecular weight is 281 g/mol. The largest absolute Gasteiger partial charge is 0.361 e. The van der Waals surface area contributed by atoms with E-state index in [0.29, 0.717) is 6.54 Å². The molecule has 0 aliphatic rings. The van der Waals surface area contributed by atoms with Crippen molar-refractivity contribution in [1.29, 1.82) is 0 Å². The number of nitro groups is 1. The van der Waals surface area contributed by atoms with E-state index in [2.05, 4.69) is 28.5 Å². The van der Waals surface area contributed by atoms with E-state index < -0.39 is 0 Å². The number of H-pyrrole nitrogens is 1. The molecule has 5 heteroatoms. The molecule has 0 saturated heterocycles. The minimum absolute atomic E-state index is 0.128. The van der Waals surface area contributed by atoms with Gasteiger partial charge in [-0.1, -0.05) is 18.2 Å². The second-order valence-corrected chi connectivity index (χ2v) is 4.93. The Morgan fingerprint density at radius 2 is 1.86 bits per heavy atom. The number of hydrogen-bond donors (Lipinski definition) is 2. The summed E-state index contributed by atoms with van der Waals surface area (Å²) in [6.07, 6.45) is 1.92. The van der Waals surface area contributed by atoms with Gasteiger partial charge < -0.3 is 10.3 Å². The van der Waals surface area contributed by atoms with Crippen LogP contribution in [0.15, 0.2) is 54.7 Å². The van der Waals surface area contributed by atoms with Crippen molar-refractivity contribution < 1.29 is 4.92 Å². The van der Waals surface area contributed by atoms with Crippen LogP contribution in [0.25, 0.3) is 10.9 Å². The van der Waals surface area contributed by atoms with Crippen LogP contribution in [-0.2, 0) is 13.1 Å². The van der Waals surface area contributed by atoms with Crippen molar-refractivity contribution in [1.82, 2.24) is 10.3 Å². The lowest BCUT2D eigenvalue weighted by atomic mass is 10.1. The van der Waals surface area contributed by atoms with Gasteiger partial charge >= 0.3 is 0 Å².